The van der Waals surface area contributed by atoms with Crippen molar-refractivity contribution in [2.75, 3.05) is 6.54 Å². The van der Waals surface area contributed by atoms with Crippen LogP contribution in [0.2, 0.25) is 0 Å². The van der Waals surface area contributed by atoms with Crippen molar-refractivity contribution in [3.63, 3.8) is 0 Å². The molecule has 0 aliphatic carbocycles. The van der Waals surface area contributed by atoms with Gasteiger partial charge in [-0.25, -0.2) is 4.98 Å². The maximum absolute atomic E-state index is 11.7. The minimum absolute atomic E-state index is 0.456. The van der Waals surface area contributed by atoms with Gasteiger partial charge in [0.15, 0.2) is 6.04 Å². The van der Waals surface area contributed by atoms with Gasteiger partial charge in [0.2, 0.25) is 0 Å². The van der Waals surface area contributed by atoms with E-state index in [0.29, 0.717) is 18.8 Å². The topological polar surface area (TPSA) is 82.4 Å². The first-order valence-corrected chi connectivity index (χ1v) is 7.19. The summed E-state index contributed by atoms with van der Waals surface area (Å²) in [7, 11) is 0. The average Bonchev–Trinajstić information content (AvgIpc) is 3.11. The highest BCUT2D eigenvalue weighted by molar-refractivity contribution is 5.78. The summed E-state index contributed by atoms with van der Waals surface area (Å²) in [5, 5.41) is 10.6. The van der Waals surface area contributed by atoms with Crippen LogP contribution >= 0.6 is 0 Å². The van der Waals surface area contributed by atoms with Gasteiger partial charge in [-0.2, -0.15) is 0 Å². The number of imidazole rings is 1. The molecule has 0 bridgehead atoms. The molecule has 2 aromatic heterocycles. The molecule has 1 aliphatic heterocycles. The maximum Gasteiger partial charge on any atom is 0.327 e. The van der Waals surface area contributed by atoms with Crippen LogP contribution in [-0.4, -0.2) is 32.5 Å². The fraction of sp³-hybridized carbons (Fsp3) is 0.250. The standard InChI is InChI=1S/C16H15N3O3/c20-16(21)15-14-12(17-9-18-14)5-6-19(15)8-11-7-10-3-1-2-4-13(10)22-11/h1-4,7,9,15H,5-6,8H2,(H,17,18)(H,20,21)/t15-/m0/s1. The summed E-state index contributed by atoms with van der Waals surface area (Å²) in [6, 6.07) is 9.01. The Balaban J connectivity index is 1.65. The summed E-state index contributed by atoms with van der Waals surface area (Å²) in [5.74, 6) is -0.115. The molecule has 0 fully saturated rings. The highest BCUT2D eigenvalue weighted by Gasteiger charge is 2.35. The van der Waals surface area contributed by atoms with Crippen molar-refractivity contribution in [1.29, 1.82) is 0 Å². The van der Waals surface area contributed by atoms with Gasteiger partial charge in [0.1, 0.15) is 11.3 Å². The van der Waals surface area contributed by atoms with E-state index < -0.39 is 12.0 Å². The molecule has 1 atom stereocenters. The van der Waals surface area contributed by atoms with Crippen LogP contribution in [0.25, 0.3) is 11.0 Å². The Morgan fingerprint density at radius 1 is 1.45 bits per heavy atom. The van der Waals surface area contributed by atoms with Gasteiger partial charge >= 0.3 is 5.97 Å². The van der Waals surface area contributed by atoms with E-state index in [1.165, 1.54) is 0 Å². The summed E-state index contributed by atoms with van der Waals surface area (Å²) in [4.78, 5) is 20.8. The minimum Gasteiger partial charge on any atom is -0.480 e. The third kappa shape index (κ3) is 2.08. The number of nitrogens with one attached hydrogen (secondary N) is 1. The van der Waals surface area contributed by atoms with E-state index in [0.717, 1.165) is 28.8 Å². The number of fused-ring (bicyclic) bond motifs is 2. The van der Waals surface area contributed by atoms with E-state index in [1.807, 2.05) is 35.2 Å². The summed E-state index contributed by atoms with van der Waals surface area (Å²) in [5.41, 5.74) is 2.34. The fourth-order valence-corrected chi connectivity index (χ4v) is 3.08. The summed E-state index contributed by atoms with van der Waals surface area (Å²) >= 11 is 0. The third-order valence-corrected chi connectivity index (χ3v) is 4.09. The van der Waals surface area contributed by atoms with Crippen molar-refractivity contribution in [3.05, 3.63) is 53.8 Å². The molecule has 0 unspecified atom stereocenters. The number of H-pyrrole nitrogens is 1. The number of benzene rings is 1. The van der Waals surface area contributed by atoms with E-state index in [4.69, 9.17) is 4.42 Å². The van der Waals surface area contributed by atoms with Crippen LogP contribution < -0.4 is 0 Å². The maximum atomic E-state index is 11.7. The van der Waals surface area contributed by atoms with Gasteiger partial charge in [-0.1, -0.05) is 18.2 Å². The number of para-hydroxylation sites is 1. The van der Waals surface area contributed by atoms with Gasteiger partial charge in [-0.05, 0) is 12.1 Å². The molecular formula is C16H15N3O3. The molecule has 22 heavy (non-hydrogen) atoms. The van der Waals surface area contributed by atoms with Crippen molar-refractivity contribution in [2.24, 2.45) is 0 Å². The molecular weight excluding hydrogens is 282 g/mol. The lowest BCUT2D eigenvalue weighted by atomic mass is 10.0. The van der Waals surface area contributed by atoms with E-state index >= 15 is 0 Å². The van der Waals surface area contributed by atoms with Crippen molar-refractivity contribution >= 4 is 16.9 Å². The van der Waals surface area contributed by atoms with Crippen LogP contribution in [0.1, 0.15) is 23.2 Å². The predicted molar refractivity (Wildman–Crippen MR) is 79.3 cm³/mol. The number of carboxylic acids is 1. The quantitative estimate of drug-likeness (QED) is 0.775. The molecule has 3 aromatic rings. The zero-order valence-corrected chi connectivity index (χ0v) is 11.8. The smallest absolute Gasteiger partial charge is 0.327 e. The van der Waals surface area contributed by atoms with Crippen LogP contribution in [0, 0.1) is 0 Å². The number of carboxylic acid groups (broad SMARTS) is 1. The largest absolute Gasteiger partial charge is 0.480 e. The molecule has 6 nitrogen and oxygen atoms in total. The molecule has 1 aliphatic rings. The lowest BCUT2D eigenvalue weighted by Gasteiger charge is -2.31. The molecule has 3 heterocycles. The Kier molecular flexibility index (Phi) is 2.97. The number of aromatic nitrogens is 2. The molecule has 0 saturated carbocycles. The number of rotatable bonds is 3. The summed E-state index contributed by atoms with van der Waals surface area (Å²) in [6.07, 6.45) is 2.32. The van der Waals surface area contributed by atoms with Crippen molar-refractivity contribution in [2.45, 2.75) is 19.0 Å². The highest BCUT2D eigenvalue weighted by atomic mass is 16.4. The molecule has 0 radical (unpaired) electrons. The molecule has 112 valence electrons. The Bertz CT molecular complexity index is 803. The lowest BCUT2D eigenvalue weighted by Crippen LogP contribution is -2.39. The van der Waals surface area contributed by atoms with E-state index in [9.17, 15) is 9.90 Å². The first kappa shape index (κ1) is 13.1. The van der Waals surface area contributed by atoms with Crippen LogP contribution in [0.4, 0.5) is 0 Å². The Morgan fingerprint density at radius 2 is 2.32 bits per heavy atom. The van der Waals surface area contributed by atoms with E-state index in [-0.39, 0.29) is 0 Å². The molecule has 4 rings (SSSR count). The van der Waals surface area contributed by atoms with Gasteiger partial charge in [0.25, 0.3) is 0 Å². The second kappa shape index (κ2) is 4.99. The highest BCUT2D eigenvalue weighted by Crippen LogP contribution is 2.30. The van der Waals surface area contributed by atoms with Crippen molar-refractivity contribution in [1.82, 2.24) is 14.9 Å². The number of aliphatic carboxylic acids is 1. The number of hydrogen-bond donors (Lipinski definition) is 2. The van der Waals surface area contributed by atoms with Crippen molar-refractivity contribution in [3.8, 4) is 0 Å². The average molecular weight is 297 g/mol. The lowest BCUT2D eigenvalue weighted by molar-refractivity contribution is -0.144. The third-order valence-electron chi connectivity index (χ3n) is 4.09. The van der Waals surface area contributed by atoms with E-state index in [2.05, 4.69) is 9.97 Å². The molecule has 0 spiro atoms. The zero-order chi connectivity index (χ0) is 15.1. The van der Waals surface area contributed by atoms with Crippen molar-refractivity contribution < 1.29 is 14.3 Å². The number of hydrogen-bond acceptors (Lipinski definition) is 4. The van der Waals surface area contributed by atoms with Gasteiger partial charge in [0.05, 0.1) is 18.6 Å². The SMILES string of the molecule is O=C(O)[C@@H]1c2nc[nH]c2CCN1Cc1cc2ccccc2o1. The fourth-order valence-electron chi connectivity index (χ4n) is 3.08. The van der Waals surface area contributed by atoms with Gasteiger partial charge in [-0.3, -0.25) is 9.69 Å². The molecule has 0 amide bonds. The number of aromatic amines is 1. The minimum atomic E-state index is -0.885. The normalized spacial score (nSPS) is 18.5. The predicted octanol–water partition coefficient (Wildman–Crippen LogP) is 2.34. The first-order chi connectivity index (χ1) is 10.7. The summed E-state index contributed by atoms with van der Waals surface area (Å²) < 4.78 is 5.81. The Labute approximate surface area is 126 Å². The molecule has 1 aromatic carbocycles. The number of nitrogens with zero attached hydrogens (tertiary/aromatic N) is 2. The van der Waals surface area contributed by atoms with E-state index in [1.54, 1.807) is 6.33 Å². The molecule has 0 saturated heterocycles. The first-order valence-electron chi connectivity index (χ1n) is 7.19. The molecule has 6 heteroatoms. The zero-order valence-electron chi connectivity index (χ0n) is 11.8. The summed E-state index contributed by atoms with van der Waals surface area (Å²) in [6.45, 7) is 1.11. The second-order valence-electron chi connectivity index (χ2n) is 5.48. The molecule has 2 N–H and O–H groups in total. The number of carbonyl (C=O) groups is 1. The van der Waals surface area contributed by atoms with Crippen LogP contribution in [0.3, 0.4) is 0 Å². The Hall–Kier alpha value is -2.60. The van der Waals surface area contributed by atoms with Crippen LogP contribution in [-0.2, 0) is 17.8 Å². The Morgan fingerprint density at radius 3 is 3.14 bits per heavy atom. The number of furan rings is 1. The van der Waals surface area contributed by atoms with Gasteiger partial charge in [0, 0.05) is 24.0 Å². The van der Waals surface area contributed by atoms with Crippen LogP contribution in [0.15, 0.2) is 41.1 Å². The second-order valence-corrected chi connectivity index (χ2v) is 5.48. The van der Waals surface area contributed by atoms with Gasteiger partial charge in [-0.15, -0.1) is 0 Å². The van der Waals surface area contributed by atoms with Crippen LogP contribution in [0.5, 0.6) is 0 Å². The monoisotopic (exact) mass is 297 g/mol. The van der Waals surface area contributed by atoms with Gasteiger partial charge < -0.3 is 14.5 Å².